The standard InChI is InChI=1S/C22H28N2O5/c1-13(29-22(2,3)4)19(21(26)27)24-20(25)17-11-8-15(12-18(17)23)14-6-9-16(28-5)10-7-14/h6-13,19H,23H2,1-5H3,(H,24,25)(H,26,27)/t13?,19-/m0/s1. The van der Waals surface area contributed by atoms with Gasteiger partial charge in [0.25, 0.3) is 5.91 Å². The largest absolute Gasteiger partial charge is 0.497 e. The van der Waals surface area contributed by atoms with E-state index in [0.717, 1.165) is 16.9 Å². The average molecular weight is 400 g/mol. The Bertz CT molecular complexity index is 872. The number of anilines is 1. The van der Waals surface area contributed by atoms with Gasteiger partial charge in [-0.3, -0.25) is 4.79 Å². The lowest BCUT2D eigenvalue weighted by molar-refractivity contribution is -0.146. The Hall–Kier alpha value is -3.06. The lowest BCUT2D eigenvalue weighted by Gasteiger charge is -2.29. The van der Waals surface area contributed by atoms with E-state index in [0.29, 0.717) is 0 Å². The van der Waals surface area contributed by atoms with Gasteiger partial charge in [-0.1, -0.05) is 18.2 Å². The Morgan fingerprint density at radius 1 is 1.07 bits per heavy atom. The Morgan fingerprint density at radius 2 is 1.66 bits per heavy atom. The Labute approximate surface area is 170 Å². The van der Waals surface area contributed by atoms with Crippen LogP contribution in [-0.4, -0.2) is 41.8 Å². The van der Waals surface area contributed by atoms with Crippen LogP contribution in [0, 0.1) is 0 Å². The number of carbonyl (C=O) groups excluding carboxylic acids is 1. The maximum atomic E-state index is 12.7. The third-order valence-electron chi connectivity index (χ3n) is 4.28. The van der Waals surface area contributed by atoms with E-state index < -0.39 is 29.6 Å². The van der Waals surface area contributed by atoms with Gasteiger partial charge in [0.15, 0.2) is 6.04 Å². The zero-order chi connectivity index (χ0) is 21.8. The van der Waals surface area contributed by atoms with E-state index >= 15 is 0 Å². The van der Waals surface area contributed by atoms with Gasteiger partial charge in [0.1, 0.15) is 5.75 Å². The minimum absolute atomic E-state index is 0.205. The number of methoxy groups -OCH3 is 1. The molecule has 1 amide bonds. The summed E-state index contributed by atoms with van der Waals surface area (Å²) >= 11 is 0. The van der Waals surface area contributed by atoms with Crippen LogP contribution in [0.3, 0.4) is 0 Å². The molecule has 0 bridgehead atoms. The number of nitrogen functional groups attached to an aromatic ring is 1. The number of rotatable bonds is 7. The molecule has 29 heavy (non-hydrogen) atoms. The molecular formula is C22H28N2O5. The molecule has 156 valence electrons. The van der Waals surface area contributed by atoms with Crippen LogP contribution in [0.1, 0.15) is 38.1 Å². The third-order valence-corrected chi connectivity index (χ3v) is 4.28. The van der Waals surface area contributed by atoms with Gasteiger partial charge in [0.2, 0.25) is 0 Å². The van der Waals surface area contributed by atoms with Crippen molar-refractivity contribution < 1.29 is 24.2 Å². The molecule has 0 aliphatic carbocycles. The van der Waals surface area contributed by atoms with Crippen LogP contribution in [0.15, 0.2) is 42.5 Å². The van der Waals surface area contributed by atoms with E-state index in [9.17, 15) is 14.7 Å². The Kier molecular flexibility index (Phi) is 6.87. The third kappa shape index (κ3) is 5.96. The summed E-state index contributed by atoms with van der Waals surface area (Å²) in [5.41, 5.74) is 7.75. The molecule has 2 aromatic rings. The summed E-state index contributed by atoms with van der Waals surface area (Å²) < 4.78 is 10.8. The Morgan fingerprint density at radius 3 is 2.14 bits per heavy atom. The van der Waals surface area contributed by atoms with Gasteiger partial charge in [-0.25, -0.2) is 4.79 Å². The van der Waals surface area contributed by atoms with Crippen molar-refractivity contribution in [3.63, 3.8) is 0 Å². The molecule has 0 aliphatic rings. The number of hydrogen-bond donors (Lipinski definition) is 3. The fourth-order valence-electron chi connectivity index (χ4n) is 2.96. The monoisotopic (exact) mass is 400 g/mol. The fraction of sp³-hybridized carbons (Fsp3) is 0.364. The van der Waals surface area contributed by atoms with E-state index in [4.69, 9.17) is 15.2 Å². The van der Waals surface area contributed by atoms with E-state index in [1.54, 1.807) is 32.2 Å². The van der Waals surface area contributed by atoms with Crippen molar-refractivity contribution in [1.82, 2.24) is 5.32 Å². The number of amides is 1. The molecule has 7 heteroatoms. The minimum Gasteiger partial charge on any atom is -0.497 e. The van der Waals surface area contributed by atoms with Crippen molar-refractivity contribution in [2.24, 2.45) is 0 Å². The molecule has 2 aromatic carbocycles. The summed E-state index contributed by atoms with van der Waals surface area (Å²) in [7, 11) is 1.60. The highest BCUT2D eigenvalue weighted by atomic mass is 16.5. The molecule has 0 saturated heterocycles. The van der Waals surface area contributed by atoms with Crippen LogP contribution in [0.2, 0.25) is 0 Å². The molecule has 2 rings (SSSR count). The molecule has 0 fully saturated rings. The normalized spacial score (nSPS) is 13.4. The summed E-state index contributed by atoms with van der Waals surface area (Å²) in [5.74, 6) is -1.01. The summed E-state index contributed by atoms with van der Waals surface area (Å²) in [4.78, 5) is 24.3. The molecule has 7 nitrogen and oxygen atoms in total. The van der Waals surface area contributed by atoms with Gasteiger partial charge >= 0.3 is 5.97 Å². The van der Waals surface area contributed by atoms with E-state index in [2.05, 4.69) is 5.32 Å². The molecule has 1 unspecified atom stereocenters. The van der Waals surface area contributed by atoms with Crippen molar-refractivity contribution in [2.75, 3.05) is 12.8 Å². The number of hydrogen-bond acceptors (Lipinski definition) is 5. The number of aliphatic carboxylic acids is 1. The predicted octanol–water partition coefficient (Wildman–Crippen LogP) is 3.33. The van der Waals surface area contributed by atoms with Crippen LogP contribution in [0.25, 0.3) is 11.1 Å². The van der Waals surface area contributed by atoms with E-state index in [1.165, 1.54) is 0 Å². The van der Waals surface area contributed by atoms with Gasteiger partial charge in [-0.2, -0.15) is 0 Å². The molecule has 0 saturated carbocycles. The number of benzene rings is 2. The zero-order valence-corrected chi connectivity index (χ0v) is 17.4. The van der Waals surface area contributed by atoms with Gasteiger partial charge < -0.3 is 25.6 Å². The lowest BCUT2D eigenvalue weighted by Crippen LogP contribution is -2.50. The van der Waals surface area contributed by atoms with Gasteiger partial charge in [-0.05, 0) is 63.1 Å². The highest BCUT2D eigenvalue weighted by molar-refractivity contribution is 6.01. The summed E-state index contributed by atoms with van der Waals surface area (Å²) in [6, 6.07) is 11.3. The van der Waals surface area contributed by atoms with Gasteiger partial charge in [-0.15, -0.1) is 0 Å². The molecule has 0 spiro atoms. The van der Waals surface area contributed by atoms with Crippen molar-refractivity contribution in [2.45, 2.75) is 45.4 Å². The highest BCUT2D eigenvalue weighted by Crippen LogP contribution is 2.26. The van der Waals surface area contributed by atoms with Crippen molar-refractivity contribution in [3.05, 3.63) is 48.0 Å². The number of carboxylic acids is 1. The minimum atomic E-state index is -1.21. The molecule has 2 atom stereocenters. The molecule has 0 aliphatic heterocycles. The molecule has 0 aromatic heterocycles. The fourth-order valence-corrected chi connectivity index (χ4v) is 2.96. The van der Waals surface area contributed by atoms with E-state index in [-0.39, 0.29) is 11.3 Å². The first-order chi connectivity index (χ1) is 13.5. The maximum Gasteiger partial charge on any atom is 0.328 e. The topological polar surface area (TPSA) is 111 Å². The van der Waals surface area contributed by atoms with Crippen molar-refractivity contribution in [3.8, 4) is 16.9 Å². The van der Waals surface area contributed by atoms with Crippen LogP contribution in [0.5, 0.6) is 5.75 Å². The number of ether oxygens (including phenoxy) is 2. The SMILES string of the molecule is COc1ccc(-c2ccc(C(=O)N[C@H](C(=O)O)C(C)OC(C)(C)C)c(N)c2)cc1. The molecule has 0 heterocycles. The molecular weight excluding hydrogens is 372 g/mol. The van der Waals surface area contributed by atoms with E-state index in [1.807, 2.05) is 45.0 Å². The maximum absolute atomic E-state index is 12.7. The number of nitrogens with two attached hydrogens (primary N) is 1. The second-order valence-corrected chi connectivity index (χ2v) is 7.76. The van der Waals surface area contributed by atoms with Gasteiger partial charge in [0, 0.05) is 5.69 Å². The van der Waals surface area contributed by atoms with Crippen LogP contribution in [0.4, 0.5) is 5.69 Å². The van der Waals surface area contributed by atoms with Gasteiger partial charge in [0.05, 0.1) is 24.4 Å². The predicted molar refractivity (Wildman–Crippen MR) is 112 cm³/mol. The number of nitrogens with one attached hydrogen (secondary N) is 1. The van der Waals surface area contributed by atoms with Crippen molar-refractivity contribution in [1.29, 1.82) is 0 Å². The average Bonchev–Trinajstić information content (AvgIpc) is 2.64. The van der Waals surface area contributed by atoms with Crippen molar-refractivity contribution >= 4 is 17.6 Å². The highest BCUT2D eigenvalue weighted by Gasteiger charge is 2.31. The van der Waals surface area contributed by atoms with Crippen LogP contribution >= 0.6 is 0 Å². The smallest absolute Gasteiger partial charge is 0.328 e. The summed E-state index contributed by atoms with van der Waals surface area (Å²) in [6.07, 6.45) is -0.726. The lowest BCUT2D eigenvalue weighted by atomic mass is 10.0. The summed E-state index contributed by atoms with van der Waals surface area (Å²) in [5, 5.41) is 12.0. The first kappa shape index (κ1) is 22.2. The number of carbonyl (C=O) groups is 2. The van der Waals surface area contributed by atoms with Crippen LogP contribution < -0.4 is 15.8 Å². The second-order valence-electron chi connectivity index (χ2n) is 7.76. The zero-order valence-electron chi connectivity index (χ0n) is 17.4. The number of carboxylic acid groups (broad SMARTS) is 1. The second kappa shape index (κ2) is 8.96. The molecule has 4 N–H and O–H groups in total. The first-order valence-corrected chi connectivity index (χ1v) is 9.27. The quantitative estimate of drug-likeness (QED) is 0.615. The molecule has 0 radical (unpaired) electrons. The van der Waals surface area contributed by atoms with Crippen LogP contribution in [-0.2, 0) is 9.53 Å². The summed E-state index contributed by atoms with van der Waals surface area (Å²) in [6.45, 7) is 7.07. The first-order valence-electron chi connectivity index (χ1n) is 9.27. The Balaban J connectivity index is 2.20.